The molecular weight excluding hydrogens is 687 g/mol. The van der Waals surface area contributed by atoms with Gasteiger partial charge in [-0.3, -0.25) is 0 Å². The second kappa shape index (κ2) is 34.1. The molecule has 0 aliphatic rings. The molecule has 0 saturated heterocycles. The lowest BCUT2D eigenvalue weighted by Gasteiger charge is -2.28. The fourth-order valence-corrected chi connectivity index (χ4v) is 6.70. The fraction of sp³-hybridized carbons (Fsp3) is 0.854. The highest BCUT2D eigenvalue weighted by atomic mass is 16.6. The Balaban J connectivity index is 2.47. The van der Waals surface area contributed by atoms with Gasteiger partial charge in [0.15, 0.2) is 0 Å². The summed E-state index contributed by atoms with van der Waals surface area (Å²) >= 11 is 0. The van der Waals surface area contributed by atoms with E-state index in [9.17, 15) is 4.79 Å². The van der Waals surface area contributed by atoms with Gasteiger partial charge in [0.25, 0.3) is 0 Å². The van der Waals surface area contributed by atoms with Crippen molar-refractivity contribution in [1.29, 1.82) is 0 Å². The first-order valence-electron chi connectivity index (χ1n) is 23.1. The number of methoxy groups -OCH3 is 1. The topological polar surface area (TPSA) is 75.3 Å². The smallest absolute Gasteiger partial charge is 0.407 e. The van der Waals surface area contributed by atoms with Crippen molar-refractivity contribution in [2.24, 2.45) is 0 Å². The number of hydrogen-bond donors (Lipinski definition) is 1. The second-order valence-electron chi connectivity index (χ2n) is 17.2. The van der Waals surface area contributed by atoms with Gasteiger partial charge in [-0.2, -0.15) is 0 Å². The van der Waals surface area contributed by atoms with Crippen LogP contribution in [0.4, 0.5) is 4.79 Å². The second-order valence-corrected chi connectivity index (χ2v) is 17.2. The van der Waals surface area contributed by atoms with Crippen molar-refractivity contribution in [2.45, 2.75) is 233 Å². The summed E-state index contributed by atoms with van der Waals surface area (Å²) in [6.07, 6.45) is 34.9. The zero-order valence-electron chi connectivity index (χ0n) is 37.3. The van der Waals surface area contributed by atoms with Crippen molar-refractivity contribution in [2.75, 3.05) is 33.5 Å². The number of nitrogens with one attached hydrogen (secondary N) is 1. The Morgan fingerprint density at radius 3 is 1.29 bits per heavy atom. The third kappa shape index (κ3) is 31.7. The Morgan fingerprint density at radius 1 is 0.527 bits per heavy atom. The molecule has 0 radical (unpaired) electrons. The van der Waals surface area contributed by atoms with Gasteiger partial charge in [0.1, 0.15) is 18.1 Å². The standard InChI is InChI=1S/C48H89NO6/c1-8-10-12-14-16-18-20-22-24-26-28-30-32-35-52-44-38-43(41-49-46(50)54-42-48(5,6)55-37-34-47(3,4)51-7)39-45(40-44)53-36-33-31-29-27-25-23-21-19-17-15-13-11-9-2/h38-40H,8-37,41-42H2,1-7H3,(H,49,50). The highest BCUT2D eigenvalue weighted by Crippen LogP contribution is 2.25. The zero-order chi connectivity index (χ0) is 40.3. The molecule has 0 aliphatic carbocycles. The number of amides is 1. The molecule has 0 spiro atoms. The highest BCUT2D eigenvalue weighted by molar-refractivity contribution is 5.67. The maximum absolute atomic E-state index is 12.7. The Labute approximate surface area is 340 Å². The van der Waals surface area contributed by atoms with E-state index in [0.29, 0.717) is 26.4 Å². The maximum Gasteiger partial charge on any atom is 0.407 e. The van der Waals surface area contributed by atoms with Crippen molar-refractivity contribution in [1.82, 2.24) is 5.32 Å². The largest absolute Gasteiger partial charge is 0.493 e. The van der Waals surface area contributed by atoms with E-state index in [0.717, 1.165) is 36.3 Å². The van der Waals surface area contributed by atoms with Crippen molar-refractivity contribution in [3.05, 3.63) is 23.8 Å². The summed E-state index contributed by atoms with van der Waals surface area (Å²) in [5, 5.41) is 2.91. The van der Waals surface area contributed by atoms with E-state index in [2.05, 4.69) is 19.2 Å². The van der Waals surface area contributed by atoms with Crippen molar-refractivity contribution in [3.63, 3.8) is 0 Å². The van der Waals surface area contributed by atoms with Crippen LogP contribution in [-0.4, -0.2) is 50.8 Å². The summed E-state index contributed by atoms with van der Waals surface area (Å²) < 4.78 is 29.5. The third-order valence-corrected chi connectivity index (χ3v) is 10.7. The van der Waals surface area contributed by atoms with E-state index < -0.39 is 11.7 Å². The average Bonchev–Trinajstić information content (AvgIpc) is 3.16. The molecule has 0 saturated carbocycles. The number of unbranched alkanes of at least 4 members (excludes halogenated alkanes) is 24. The minimum Gasteiger partial charge on any atom is -0.493 e. The SMILES string of the molecule is CCCCCCCCCCCCCCCOc1cc(CNC(=O)OCC(C)(C)OCCC(C)(C)OC)cc(OCCCCCCCCCCCCCCC)c1. The first-order chi connectivity index (χ1) is 26.6. The van der Waals surface area contributed by atoms with Gasteiger partial charge in [0, 0.05) is 19.7 Å². The van der Waals surface area contributed by atoms with E-state index in [-0.39, 0.29) is 12.2 Å². The number of ether oxygens (including phenoxy) is 5. The molecule has 1 N–H and O–H groups in total. The molecule has 0 fully saturated rings. The molecule has 7 nitrogen and oxygen atoms in total. The van der Waals surface area contributed by atoms with Gasteiger partial charge in [0.05, 0.1) is 31.0 Å². The lowest BCUT2D eigenvalue weighted by Crippen LogP contribution is -2.36. The van der Waals surface area contributed by atoms with E-state index >= 15 is 0 Å². The van der Waals surface area contributed by atoms with Gasteiger partial charge in [-0.15, -0.1) is 0 Å². The van der Waals surface area contributed by atoms with Gasteiger partial charge >= 0.3 is 6.09 Å². The van der Waals surface area contributed by atoms with E-state index in [1.807, 2.05) is 45.9 Å². The third-order valence-electron chi connectivity index (χ3n) is 10.7. The fourth-order valence-electron chi connectivity index (χ4n) is 6.70. The van der Waals surface area contributed by atoms with Crippen LogP contribution in [-0.2, 0) is 20.8 Å². The molecule has 1 amide bonds. The zero-order valence-corrected chi connectivity index (χ0v) is 37.3. The van der Waals surface area contributed by atoms with Gasteiger partial charge in [0.2, 0.25) is 0 Å². The summed E-state index contributed by atoms with van der Waals surface area (Å²) in [7, 11) is 1.70. The monoisotopic (exact) mass is 776 g/mol. The number of hydrogen-bond acceptors (Lipinski definition) is 6. The Kier molecular flexibility index (Phi) is 31.6. The van der Waals surface area contributed by atoms with Crippen LogP contribution in [0.2, 0.25) is 0 Å². The van der Waals surface area contributed by atoms with E-state index in [1.54, 1.807) is 7.11 Å². The number of carbonyl (C=O) groups excluding carboxylic acids is 1. The number of alkyl carbamates (subject to hydrolysis) is 1. The Bertz CT molecular complexity index is 977. The molecule has 0 unspecified atom stereocenters. The molecule has 0 bridgehead atoms. The Hall–Kier alpha value is -1.99. The summed E-state index contributed by atoms with van der Waals surface area (Å²) in [5.41, 5.74) is 0.0721. The maximum atomic E-state index is 12.7. The first-order valence-corrected chi connectivity index (χ1v) is 23.1. The van der Waals surface area contributed by atoms with Crippen molar-refractivity contribution < 1.29 is 28.5 Å². The molecule has 0 aromatic heterocycles. The Morgan fingerprint density at radius 2 is 0.909 bits per heavy atom. The molecule has 1 aromatic rings. The van der Waals surface area contributed by atoms with Crippen LogP contribution < -0.4 is 14.8 Å². The van der Waals surface area contributed by atoms with Crippen LogP contribution in [0.1, 0.15) is 220 Å². The molecule has 7 heteroatoms. The van der Waals surface area contributed by atoms with Gasteiger partial charge < -0.3 is 29.0 Å². The molecule has 1 aromatic carbocycles. The van der Waals surface area contributed by atoms with E-state index in [1.165, 1.54) is 154 Å². The highest BCUT2D eigenvalue weighted by Gasteiger charge is 2.23. The average molecular weight is 776 g/mol. The van der Waals surface area contributed by atoms with Gasteiger partial charge in [-0.25, -0.2) is 4.79 Å². The predicted octanol–water partition coefficient (Wildman–Crippen LogP) is 14.5. The molecule has 0 atom stereocenters. The van der Waals surface area contributed by atoms with Gasteiger partial charge in [-0.05, 0) is 64.7 Å². The minimum atomic E-state index is -0.600. The van der Waals surface area contributed by atoms with Crippen LogP contribution in [0.5, 0.6) is 11.5 Å². The van der Waals surface area contributed by atoms with Crippen LogP contribution in [0, 0.1) is 0 Å². The molecular formula is C48H89NO6. The predicted molar refractivity (Wildman–Crippen MR) is 233 cm³/mol. The summed E-state index contributed by atoms with van der Waals surface area (Å²) in [4.78, 5) is 12.7. The van der Waals surface area contributed by atoms with E-state index in [4.69, 9.17) is 23.7 Å². The van der Waals surface area contributed by atoms with Crippen molar-refractivity contribution in [3.8, 4) is 11.5 Å². The van der Waals surface area contributed by atoms with Crippen molar-refractivity contribution >= 4 is 6.09 Å². The number of carbonyl (C=O) groups is 1. The summed E-state index contributed by atoms with van der Waals surface area (Å²) in [6, 6.07) is 6.01. The van der Waals surface area contributed by atoms with Crippen LogP contribution in [0.15, 0.2) is 18.2 Å². The molecule has 0 aliphatic heterocycles. The lowest BCUT2D eigenvalue weighted by molar-refractivity contribution is -0.0808. The number of rotatable bonds is 39. The molecule has 1 rings (SSSR count). The summed E-state index contributed by atoms with van der Waals surface area (Å²) in [5.74, 6) is 1.58. The normalized spacial score (nSPS) is 11.9. The van der Waals surface area contributed by atoms with Crippen LogP contribution in [0.3, 0.4) is 0 Å². The molecule has 55 heavy (non-hydrogen) atoms. The lowest BCUT2D eigenvalue weighted by atomic mass is 10.0. The molecule has 0 heterocycles. The van der Waals surface area contributed by atoms with Gasteiger partial charge in [-0.1, -0.05) is 168 Å². The quantitative estimate of drug-likeness (QED) is 0.0671. The van der Waals surface area contributed by atoms with Crippen LogP contribution >= 0.6 is 0 Å². The molecule has 322 valence electrons. The van der Waals surface area contributed by atoms with Crippen LogP contribution in [0.25, 0.3) is 0 Å². The summed E-state index contributed by atoms with van der Waals surface area (Å²) in [6.45, 7) is 14.9. The minimum absolute atomic E-state index is 0.155. The number of benzene rings is 1. The first kappa shape index (κ1) is 51.0.